The molecule has 0 aliphatic heterocycles. The predicted octanol–water partition coefficient (Wildman–Crippen LogP) is 1.65. The minimum atomic E-state index is -0.889. The Kier molecular flexibility index (Phi) is 4.06. The van der Waals surface area contributed by atoms with Crippen LogP contribution in [0.3, 0.4) is 0 Å². The summed E-state index contributed by atoms with van der Waals surface area (Å²) in [6, 6.07) is 1.80. The molecule has 88 valence electrons. The maximum atomic E-state index is 11.6. The highest BCUT2D eigenvalue weighted by Gasteiger charge is 2.18. The summed E-state index contributed by atoms with van der Waals surface area (Å²) in [6.45, 7) is 5.44. The monoisotopic (exact) mass is 241 g/mol. The van der Waals surface area contributed by atoms with Gasteiger partial charge in [-0.3, -0.25) is 4.79 Å². The Morgan fingerprint density at radius 2 is 2.19 bits per heavy atom. The summed E-state index contributed by atoms with van der Waals surface area (Å²) in [5, 5.41) is 0. The maximum Gasteiger partial charge on any atom is 0.349 e. The smallest absolute Gasteiger partial charge is 0.349 e. The summed E-state index contributed by atoms with van der Waals surface area (Å²) >= 11 is 1.37. The van der Waals surface area contributed by atoms with E-state index in [1.807, 2.05) is 13.8 Å². The topological polar surface area (TPSA) is 69.4 Å². The minimum absolute atomic E-state index is 0.487. The number of nitrogens with two attached hydrogens (primary N) is 1. The van der Waals surface area contributed by atoms with Crippen molar-refractivity contribution in [1.82, 2.24) is 0 Å². The SMILES string of the molecule is CCc1cc(C(=O)OC(C)C(N)=O)sc1C. The van der Waals surface area contributed by atoms with Gasteiger partial charge in [0, 0.05) is 4.88 Å². The molecule has 16 heavy (non-hydrogen) atoms. The zero-order valence-corrected chi connectivity index (χ0v) is 10.4. The molecule has 0 saturated carbocycles. The van der Waals surface area contributed by atoms with Gasteiger partial charge in [0.2, 0.25) is 0 Å². The van der Waals surface area contributed by atoms with Crippen LogP contribution in [-0.4, -0.2) is 18.0 Å². The highest BCUT2D eigenvalue weighted by atomic mass is 32.1. The number of aryl methyl sites for hydroxylation is 2. The molecule has 0 saturated heterocycles. The van der Waals surface area contributed by atoms with Gasteiger partial charge in [0.1, 0.15) is 4.88 Å². The minimum Gasteiger partial charge on any atom is -0.448 e. The maximum absolute atomic E-state index is 11.6. The molecule has 2 N–H and O–H groups in total. The number of thiophene rings is 1. The highest BCUT2D eigenvalue weighted by Crippen LogP contribution is 2.23. The van der Waals surface area contributed by atoms with Crippen molar-refractivity contribution < 1.29 is 14.3 Å². The number of esters is 1. The molecule has 0 aromatic carbocycles. The molecule has 1 atom stereocenters. The van der Waals surface area contributed by atoms with E-state index in [-0.39, 0.29) is 0 Å². The van der Waals surface area contributed by atoms with E-state index in [2.05, 4.69) is 0 Å². The Bertz CT molecular complexity index is 411. The van der Waals surface area contributed by atoms with E-state index in [0.717, 1.165) is 16.9 Å². The molecule has 1 aromatic heterocycles. The fraction of sp³-hybridized carbons (Fsp3) is 0.455. The van der Waals surface area contributed by atoms with Gasteiger partial charge < -0.3 is 10.5 Å². The second-order valence-electron chi connectivity index (χ2n) is 3.50. The van der Waals surface area contributed by atoms with Crippen molar-refractivity contribution in [1.29, 1.82) is 0 Å². The first-order valence-electron chi connectivity index (χ1n) is 5.05. The van der Waals surface area contributed by atoms with Gasteiger partial charge in [-0.15, -0.1) is 11.3 Å². The van der Waals surface area contributed by atoms with Crippen molar-refractivity contribution in [3.63, 3.8) is 0 Å². The van der Waals surface area contributed by atoms with Crippen LogP contribution in [0.5, 0.6) is 0 Å². The highest BCUT2D eigenvalue weighted by molar-refractivity contribution is 7.14. The average Bonchev–Trinajstić information content (AvgIpc) is 2.59. The van der Waals surface area contributed by atoms with Gasteiger partial charge in [0.15, 0.2) is 6.10 Å². The second-order valence-corrected chi connectivity index (χ2v) is 4.75. The molecule has 1 rings (SSSR count). The molecule has 0 radical (unpaired) electrons. The van der Waals surface area contributed by atoms with Crippen LogP contribution in [0.15, 0.2) is 6.07 Å². The van der Waals surface area contributed by atoms with Crippen molar-refractivity contribution in [2.24, 2.45) is 5.73 Å². The van der Waals surface area contributed by atoms with Crippen LogP contribution >= 0.6 is 11.3 Å². The van der Waals surface area contributed by atoms with Crippen molar-refractivity contribution in [2.45, 2.75) is 33.3 Å². The number of amides is 1. The largest absolute Gasteiger partial charge is 0.448 e. The third kappa shape index (κ3) is 2.82. The van der Waals surface area contributed by atoms with E-state index in [0.29, 0.717) is 4.88 Å². The Hall–Kier alpha value is -1.36. The lowest BCUT2D eigenvalue weighted by atomic mass is 10.2. The first-order chi connectivity index (χ1) is 7.45. The van der Waals surface area contributed by atoms with Gasteiger partial charge in [-0.05, 0) is 31.9 Å². The van der Waals surface area contributed by atoms with Crippen LogP contribution in [0.2, 0.25) is 0 Å². The second kappa shape index (κ2) is 5.12. The van der Waals surface area contributed by atoms with Crippen LogP contribution in [0.1, 0.15) is 34.0 Å². The lowest BCUT2D eigenvalue weighted by molar-refractivity contribution is -0.125. The molecule has 0 fully saturated rings. The third-order valence-electron chi connectivity index (χ3n) is 2.29. The molecule has 0 aliphatic rings. The number of ether oxygens (including phenoxy) is 1. The van der Waals surface area contributed by atoms with Gasteiger partial charge in [-0.2, -0.15) is 0 Å². The average molecular weight is 241 g/mol. The van der Waals surface area contributed by atoms with Gasteiger partial charge in [0.05, 0.1) is 0 Å². The summed E-state index contributed by atoms with van der Waals surface area (Å²) in [5.74, 6) is -1.13. The molecule has 5 heteroatoms. The Balaban J connectivity index is 2.77. The van der Waals surface area contributed by atoms with Crippen LogP contribution in [0.4, 0.5) is 0 Å². The molecular weight excluding hydrogens is 226 g/mol. The van der Waals surface area contributed by atoms with Crippen molar-refractivity contribution in [3.8, 4) is 0 Å². The lowest BCUT2D eigenvalue weighted by Crippen LogP contribution is -2.30. The molecule has 1 amide bonds. The Morgan fingerprint density at radius 3 is 2.62 bits per heavy atom. The summed E-state index contributed by atoms with van der Waals surface area (Å²) in [4.78, 5) is 24.0. The molecule has 0 aliphatic carbocycles. The van der Waals surface area contributed by atoms with Crippen LogP contribution in [0.25, 0.3) is 0 Å². The van der Waals surface area contributed by atoms with E-state index in [4.69, 9.17) is 10.5 Å². The summed E-state index contributed by atoms with van der Waals surface area (Å²) in [6.07, 6.45) is -0.0129. The van der Waals surface area contributed by atoms with Crippen molar-refractivity contribution >= 4 is 23.2 Å². The molecule has 1 aromatic rings. The van der Waals surface area contributed by atoms with E-state index in [1.54, 1.807) is 6.07 Å². The van der Waals surface area contributed by atoms with E-state index in [9.17, 15) is 9.59 Å². The first-order valence-corrected chi connectivity index (χ1v) is 5.87. The van der Waals surface area contributed by atoms with Crippen LogP contribution in [-0.2, 0) is 16.0 Å². The van der Waals surface area contributed by atoms with E-state index in [1.165, 1.54) is 18.3 Å². The fourth-order valence-electron chi connectivity index (χ4n) is 1.25. The summed E-state index contributed by atoms with van der Waals surface area (Å²) < 4.78 is 4.91. The van der Waals surface area contributed by atoms with Crippen LogP contribution < -0.4 is 5.73 Å². The van der Waals surface area contributed by atoms with Gasteiger partial charge in [0.25, 0.3) is 5.91 Å². The Labute approximate surface area is 98.4 Å². The number of primary amides is 1. The summed E-state index contributed by atoms with van der Waals surface area (Å²) in [7, 11) is 0. The number of carbonyl (C=O) groups is 2. The van der Waals surface area contributed by atoms with Gasteiger partial charge in [-0.1, -0.05) is 6.92 Å². The third-order valence-corrected chi connectivity index (χ3v) is 3.36. The molecule has 0 spiro atoms. The van der Waals surface area contributed by atoms with Gasteiger partial charge >= 0.3 is 5.97 Å². The predicted molar refractivity (Wildman–Crippen MR) is 62.5 cm³/mol. The number of rotatable bonds is 4. The standard InChI is InChI=1S/C11H15NO3S/c1-4-8-5-9(16-7(8)3)11(14)15-6(2)10(12)13/h5-6H,4H2,1-3H3,(H2,12,13). The quantitative estimate of drug-likeness (QED) is 0.815. The normalized spacial score (nSPS) is 12.2. The summed E-state index contributed by atoms with van der Waals surface area (Å²) in [5.41, 5.74) is 6.14. The Morgan fingerprint density at radius 1 is 1.56 bits per heavy atom. The number of hydrogen-bond donors (Lipinski definition) is 1. The fourth-order valence-corrected chi connectivity index (χ4v) is 2.24. The molecule has 1 heterocycles. The number of carbonyl (C=O) groups excluding carboxylic acids is 2. The zero-order valence-electron chi connectivity index (χ0n) is 9.57. The zero-order chi connectivity index (χ0) is 12.3. The molecule has 4 nitrogen and oxygen atoms in total. The van der Waals surface area contributed by atoms with Crippen LogP contribution in [0, 0.1) is 6.92 Å². The number of hydrogen-bond acceptors (Lipinski definition) is 4. The van der Waals surface area contributed by atoms with Gasteiger partial charge in [-0.25, -0.2) is 4.79 Å². The van der Waals surface area contributed by atoms with E-state index < -0.39 is 18.0 Å². The molecular formula is C11H15NO3S. The lowest BCUT2D eigenvalue weighted by Gasteiger charge is -2.07. The molecule has 0 bridgehead atoms. The van der Waals surface area contributed by atoms with E-state index >= 15 is 0 Å². The van der Waals surface area contributed by atoms with Crippen molar-refractivity contribution in [2.75, 3.05) is 0 Å². The van der Waals surface area contributed by atoms with Crippen molar-refractivity contribution in [3.05, 3.63) is 21.4 Å². The molecule has 1 unspecified atom stereocenters. The first kappa shape index (κ1) is 12.7.